The number of methoxy groups -OCH3 is 1. The number of nitrogens with one attached hydrogen (secondary N) is 2. The van der Waals surface area contributed by atoms with Gasteiger partial charge in [0.1, 0.15) is 5.00 Å². The standard InChI is InChI=1S/C15H20N2O3S/c1-20-15(19)12-9-5-4-7-11(9)21-14(12)17-13(18)10-6-2-3-8-16-10/h10,16H,2-8H2,1H3,(H,17,18). The summed E-state index contributed by atoms with van der Waals surface area (Å²) >= 11 is 1.52. The van der Waals surface area contributed by atoms with Crippen molar-refractivity contribution in [3.8, 4) is 0 Å². The van der Waals surface area contributed by atoms with E-state index >= 15 is 0 Å². The van der Waals surface area contributed by atoms with Gasteiger partial charge in [0, 0.05) is 4.88 Å². The van der Waals surface area contributed by atoms with Gasteiger partial charge in [-0.15, -0.1) is 11.3 Å². The van der Waals surface area contributed by atoms with Crippen molar-refractivity contribution in [1.82, 2.24) is 5.32 Å². The molecule has 1 aromatic heterocycles. The normalized spacial score (nSPS) is 20.9. The highest BCUT2D eigenvalue weighted by atomic mass is 32.1. The number of aryl methyl sites for hydroxylation is 1. The molecule has 2 N–H and O–H groups in total. The van der Waals surface area contributed by atoms with E-state index in [1.807, 2.05) is 0 Å². The van der Waals surface area contributed by atoms with E-state index in [9.17, 15) is 9.59 Å². The Kier molecular flexibility index (Phi) is 4.26. The molecule has 1 aliphatic heterocycles. The number of fused-ring (bicyclic) bond motifs is 1. The van der Waals surface area contributed by atoms with Crippen LogP contribution in [-0.4, -0.2) is 31.6 Å². The van der Waals surface area contributed by atoms with Gasteiger partial charge in [0.05, 0.1) is 18.7 Å². The van der Waals surface area contributed by atoms with Crippen molar-refractivity contribution < 1.29 is 14.3 Å². The zero-order valence-corrected chi connectivity index (χ0v) is 13.0. The van der Waals surface area contributed by atoms with Crippen LogP contribution in [0.25, 0.3) is 0 Å². The molecule has 6 heteroatoms. The molecule has 0 aromatic carbocycles. The molecule has 0 spiro atoms. The Labute approximate surface area is 128 Å². The van der Waals surface area contributed by atoms with Crippen LogP contribution in [0.5, 0.6) is 0 Å². The number of piperidine rings is 1. The number of esters is 1. The van der Waals surface area contributed by atoms with E-state index in [0.29, 0.717) is 10.6 Å². The maximum Gasteiger partial charge on any atom is 0.341 e. The lowest BCUT2D eigenvalue weighted by molar-refractivity contribution is -0.118. The molecular weight excluding hydrogens is 288 g/mol. The molecule has 0 bridgehead atoms. The number of hydrogen-bond acceptors (Lipinski definition) is 5. The van der Waals surface area contributed by atoms with Crippen molar-refractivity contribution in [1.29, 1.82) is 0 Å². The second-order valence-corrected chi connectivity index (χ2v) is 6.65. The van der Waals surface area contributed by atoms with Gasteiger partial charge in [0.2, 0.25) is 5.91 Å². The molecule has 0 radical (unpaired) electrons. The van der Waals surface area contributed by atoms with Gasteiger partial charge in [-0.05, 0) is 44.2 Å². The fourth-order valence-corrected chi connectivity index (χ4v) is 4.37. The summed E-state index contributed by atoms with van der Waals surface area (Å²) < 4.78 is 4.89. The van der Waals surface area contributed by atoms with Crippen LogP contribution >= 0.6 is 11.3 Å². The van der Waals surface area contributed by atoms with Crippen LogP contribution in [0.15, 0.2) is 0 Å². The fraction of sp³-hybridized carbons (Fsp3) is 0.600. The monoisotopic (exact) mass is 308 g/mol. The lowest BCUT2D eigenvalue weighted by atomic mass is 10.0. The Morgan fingerprint density at radius 2 is 2.14 bits per heavy atom. The molecule has 2 heterocycles. The first kappa shape index (κ1) is 14.5. The summed E-state index contributed by atoms with van der Waals surface area (Å²) in [5.74, 6) is -0.388. The Morgan fingerprint density at radius 3 is 2.86 bits per heavy atom. The number of rotatable bonds is 3. The first-order valence-electron chi connectivity index (χ1n) is 7.48. The average Bonchev–Trinajstić information content (AvgIpc) is 3.07. The molecule has 1 atom stereocenters. The number of hydrogen-bond donors (Lipinski definition) is 2. The Balaban J connectivity index is 1.81. The van der Waals surface area contributed by atoms with Crippen molar-refractivity contribution in [2.24, 2.45) is 0 Å². The first-order chi connectivity index (χ1) is 10.2. The summed E-state index contributed by atoms with van der Waals surface area (Å²) in [4.78, 5) is 25.6. The zero-order valence-electron chi connectivity index (χ0n) is 12.2. The van der Waals surface area contributed by atoms with Crippen molar-refractivity contribution in [3.63, 3.8) is 0 Å². The topological polar surface area (TPSA) is 67.4 Å². The van der Waals surface area contributed by atoms with Crippen LogP contribution in [0.3, 0.4) is 0 Å². The number of anilines is 1. The van der Waals surface area contributed by atoms with E-state index in [1.54, 1.807) is 0 Å². The van der Waals surface area contributed by atoms with E-state index < -0.39 is 0 Å². The molecule has 5 nitrogen and oxygen atoms in total. The molecule has 1 aromatic rings. The van der Waals surface area contributed by atoms with Gasteiger partial charge in [-0.1, -0.05) is 6.42 Å². The number of carbonyl (C=O) groups is 2. The van der Waals surface area contributed by atoms with E-state index in [4.69, 9.17) is 4.74 Å². The van der Waals surface area contributed by atoms with E-state index in [2.05, 4.69) is 10.6 Å². The van der Waals surface area contributed by atoms with Crippen LogP contribution in [0.2, 0.25) is 0 Å². The highest BCUT2D eigenvalue weighted by Crippen LogP contribution is 2.39. The highest BCUT2D eigenvalue weighted by Gasteiger charge is 2.29. The van der Waals surface area contributed by atoms with Gasteiger partial charge in [-0.25, -0.2) is 4.79 Å². The number of thiophene rings is 1. The molecular formula is C15H20N2O3S. The SMILES string of the molecule is COC(=O)c1c(NC(=O)C2CCCCN2)sc2c1CCC2. The third-order valence-corrected chi connectivity index (χ3v) is 5.38. The largest absolute Gasteiger partial charge is 0.465 e. The molecule has 1 fully saturated rings. The predicted octanol–water partition coefficient (Wildman–Crippen LogP) is 2.10. The van der Waals surface area contributed by atoms with Gasteiger partial charge in [-0.3, -0.25) is 4.79 Å². The van der Waals surface area contributed by atoms with Gasteiger partial charge in [0.25, 0.3) is 0 Å². The number of amides is 1. The lowest BCUT2D eigenvalue weighted by Crippen LogP contribution is -2.43. The first-order valence-corrected chi connectivity index (χ1v) is 8.29. The summed E-state index contributed by atoms with van der Waals surface area (Å²) in [7, 11) is 1.38. The van der Waals surface area contributed by atoms with E-state index in [0.717, 1.165) is 50.6 Å². The average molecular weight is 308 g/mol. The second-order valence-electron chi connectivity index (χ2n) is 5.54. The molecule has 1 aliphatic carbocycles. The Bertz CT molecular complexity index is 562. The minimum Gasteiger partial charge on any atom is -0.465 e. The van der Waals surface area contributed by atoms with Crippen LogP contribution < -0.4 is 10.6 Å². The quantitative estimate of drug-likeness (QED) is 0.839. The van der Waals surface area contributed by atoms with Gasteiger partial charge >= 0.3 is 5.97 Å². The highest BCUT2D eigenvalue weighted by molar-refractivity contribution is 7.17. The summed E-state index contributed by atoms with van der Waals surface area (Å²) in [5.41, 5.74) is 1.64. The second kappa shape index (κ2) is 6.15. The lowest BCUT2D eigenvalue weighted by Gasteiger charge is -2.22. The smallest absolute Gasteiger partial charge is 0.341 e. The maximum atomic E-state index is 12.3. The van der Waals surface area contributed by atoms with Crippen molar-refractivity contribution >= 4 is 28.2 Å². The van der Waals surface area contributed by atoms with Crippen LogP contribution in [0.1, 0.15) is 46.5 Å². The molecule has 2 aliphatic rings. The van der Waals surface area contributed by atoms with Gasteiger partial charge in [-0.2, -0.15) is 0 Å². The van der Waals surface area contributed by atoms with Gasteiger partial charge < -0.3 is 15.4 Å². The van der Waals surface area contributed by atoms with E-state index in [1.165, 1.54) is 23.3 Å². The predicted molar refractivity (Wildman–Crippen MR) is 82.0 cm³/mol. The molecule has 21 heavy (non-hydrogen) atoms. The maximum absolute atomic E-state index is 12.3. The number of carbonyl (C=O) groups excluding carboxylic acids is 2. The van der Waals surface area contributed by atoms with Crippen LogP contribution in [0, 0.1) is 0 Å². The number of ether oxygens (including phenoxy) is 1. The van der Waals surface area contributed by atoms with Crippen molar-refractivity contribution in [3.05, 3.63) is 16.0 Å². The molecule has 114 valence electrons. The minimum absolute atomic E-state index is 0.0419. The molecule has 3 rings (SSSR count). The summed E-state index contributed by atoms with van der Waals surface area (Å²) in [6.45, 7) is 0.878. The van der Waals surface area contributed by atoms with Crippen LogP contribution in [-0.2, 0) is 22.4 Å². The van der Waals surface area contributed by atoms with Crippen molar-refractivity contribution in [2.45, 2.75) is 44.6 Å². The fourth-order valence-electron chi connectivity index (χ4n) is 3.08. The summed E-state index contributed by atoms with van der Waals surface area (Å²) in [6.07, 6.45) is 5.99. The molecule has 1 unspecified atom stereocenters. The third kappa shape index (κ3) is 2.82. The molecule has 1 saturated heterocycles. The van der Waals surface area contributed by atoms with E-state index in [-0.39, 0.29) is 17.9 Å². The van der Waals surface area contributed by atoms with Crippen LogP contribution in [0.4, 0.5) is 5.00 Å². The minimum atomic E-state index is -0.346. The summed E-state index contributed by atoms with van der Waals surface area (Å²) in [6, 6.07) is -0.152. The van der Waals surface area contributed by atoms with Gasteiger partial charge in [0.15, 0.2) is 0 Å². The molecule has 0 saturated carbocycles. The molecule has 1 amide bonds. The Hall–Kier alpha value is -1.40. The summed E-state index contributed by atoms with van der Waals surface area (Å²) in [5, 5.41) is 6.83. The zero-order chi connectivity index (χ0) is 14.8. The third-order valence-electron chi connectivity index (χ3n) is 4.17. The van der Waals surface area contributed by atoms with Crippen molar-refractivity contribution in [2.75, 3.05) is 19.0 Å². The Morgan fingerprint density at radius 1 is 1.29 bits per heavy atom.